The third-order valence-corrected chi connectivity index (χ3v) is 4.44. The third kappa shape index (κ3) is 5.71. The Bertz CT molecular complexity index is 221. The van der Waals surface area contributed by atoms with E-state index in [1.54, 1.807) is 14.0 Å². The first-order valence-corrected chi connectivity index (χ1v) is 7.73. The van der Waals surface area contributed by atoms with E-state index >= 15 is 0 Å². The summed E-state index contributed by atoms with van der Waals surface area (Å²) >= 11 is 0. The van der Waals surface area contributed by atoms with Gasteiger partial charge in [0.05, 0.1) is 6.23 Å². The number of carbonyl (C=O) groups excluding carboxylic acids is 1. The van der Waals surface area contributed by atoms with Crippen molar-refractivity contribution in [2.75, 3.05) is 26.2 Å². The van der Waals surface area contributed by atoms with Gasteiger partial charge in [-0.2, -0.15) is 0 Å². The predicted octanol–water partition coefficient (Wildman–Crippen LogP) is 1.44. The molecular weight excluding hydrogens is 212 g/mol. The van der Waals surface area contributed by atoms with E-state index in [0.29, 0.717) is 24.6 Å². The van der Waals surface area contributed by atoms with Crippen LogP contribution in [0, 0.1) is 0 Å². The van der Waals surface area contributed by atoms with Gasteiger partial charge in [0.15, 0.2) is 0 Å². The Hall–Kier alpha value is -0.653. The fourth-order valence-corrected chi connectivity index (χ4v) is 3.11. The van der Waals surface area contributed by atoms with Gasteiger partial charge >= 0.3 is 5.97 Å². The number of esters is 1. The normalized spacial score (nSPS) is 14.4. The molecule has 0 radical (unpaired) electrons. The Morgan fingerprint density at radius 2 is 2.00 bits per heavy atom. The zero-order valence-electron chi connectivity index (χ0n) is 9.96. The molecule has 1 atom stereocenters. The molecule has 0 aliphatic rings. The van der Waals surface area contributed by atoms with Crippen molar-refractivity contribution in [1.29, 1.82) is 0 Å². The standard InChI is InChI=1S/C10H20O4Si/c1-6-14-15(5,7-12-4)8-13-10(11)9(2)3/h2,6-8H2,1,3-5H3. The summed E-state index contributed by atoms with van der Waals surface area (Å²) < 4.78 is 15.8. The number of ether oxygens (including phenoxy) is 2. The van der Waals surface area contributed by atoms with Crippen LogP contribution in [0.3, 0.4) is 0 Å². The fourth-order valence-electron chi connectivity index (χ4n) is 1.12. The van der Waals surface area contributed by atoms with Crippen molar-refractivity contribution < 1.29 is 18.7 Å². The van der Waals surface area contributed by atoms with Gasteiger partial charge in [0.2, 0.25) is 0 Å². The highest BCUT2D eigenvalue weighted by Crippen LogP contribution is 2.07. The van der Waals surface area contributed by atoms with E-state index in [2.05, 4.69) is 6.58 Å². The molecule has 0 heterocycles. The Kier molecular flexibility index (Phi) is 6.47. The Morgan fingerprint density at radius 3 is 2.40 bits per heavy atom. The van der Waals surface area contributed by atoms with Gasteiger partial charge in [-0.3, -0.25) is 0 Å². The topological polar surface area (TPSA) is 44.8 Å². The van der Waals surface area contributed by atoms with E-state index in [9.17, 15) is 4.79 Å². The number of carbonyl (C=O) groups is 1. The van der Waals surface area contributed by atoms with Crippen molar-refractivity contribution in [2.45, 2.75) is 20.4 Å². The SMILES string of the molecule is C=C(C)C(=O)OC[Si](C)(COC)OCC. The monoisotopic (exact) mass is 232 g/mol. The van der Waals surface area contributed by atoms with Gasteiger partial charge in [-0.05, 0) is 20.4 Å². The molecule has 5 heteroatoms. The lowest BCUT2D eigenvalue weighted by Gasteiger charge is -2.25. The van der Waals surface area contributed by atoms with Crippen LogP contribution in [0.1, 0.15) is 13.8 Å². The van der Waals surface area contributed by atoms with E-state index < -0.39 is 8.32 Å². The minimum atomic E-state index is -2.06. The third-order valence-electron chi connectivity index (χ3n) is 1.80. The number of methoxy groups -OCH3 is 1. The molecule has 0 N–H and O–H groups in total. The maximum absolute atomic E-state index is 11.2. The molecule has 0 aliphatic heterocycles. The van der Waals surface area contributed by atoms with Gasteiger partial charge in [-0.25, -0.2) is 4.79 Å². The van der Waals surface area contributed by atoms with Gasteiger partial charge < -0.3 is 13.9 Å². The van der Waals surface area contributed by atoms with Crippen molar-refractivity contribution in [3.8, 4) is 0 Å². The molecular formula is C10H20O4Si. The Balaban J connectivity index is 4.17. The zero-order valence-corrected chi connectivity index (χ0v) is 11.0. The van der Waals surface area contributed by atoms with Crippen LogP contribution < -0.4 is 0 Å². The second-order valence-corrected chi connectivity index (χ2v) is 7.44. The molecule has 0 amide bonds. The average molecular weight is 232 g/mol. The summed E-state index contributed by atoms with van der Waals surface area (Å²) in [5.74, 6) is -0.371. The van der Waals surface area contributed by atoms with Crippen LogP contribution in [-0.4, -0.2) is 40.5 Å². The molecule has 88 valence electrons. The Labute approximate surface area is 92.3 Å². The van der Waals surface area contributed by atoms with Crippen LogP contribution in [0.25, 0.3) is 0 Å². The molecule has 15 heavy (non-hydrogen) atoms. The summed E-state index contributed by atoms with van der Waals surface area (Å²) in [6, 6.07) is 0. The average Bonchev–Trinajstić information content (AvgIpc) is 2.15. The van der Waals surface area contributed by atoms with Crippen molar-refractivity contribution >= 4 is 14.3 Å². The van der Waals surface area contributed by atoms with E-state index in [-0.39, 0.29) is 5.97 Å². The van der Waals surface area contributed by atoms with Crippen LogP contribution in [0.5, 0.6) is 0 Å². The van der Waals surface area contributed by atoms with Gasteiger partial charge in [0.1, 0.15) is 6.23 Å². The largest absolute Gasteiger partial charge is 0.463 e. The Morgan fingerprint density at radius 1 is 1.40 bits per heavy atom. The summed E-state index contributed by atoms with van der Waals surface area (Å²) in [6.07, 6.45) is 0.824. The smallest absolute Gasteiger partial charge is 0.332 e. The van der Waals surface area contributed by atoms with Gasteiger partial charge in [-0.15, -0.1) is 0 Å². The molecule has 0 saturated carbocycles. The van der Waals surface area contributed by atoms with Crippen LogP contribution in [0.2, 0.25) is 6.55 Å². The molecule has 0 aliphatic carbocycles. The second kappa shape index (κ2) is 6.76. The van der Waals surface area contributed by atoms with Crippen LogP contribution in [-0.2, 0) is 18.7 Å². The lowest BCUT2D eigenvalue weighted by Crippen LogP contribution is -2.46. The van der Waals surface area contributed by atoms with Crippen molar-refractivity contribution in [3.05, 3.63) is 12.2 Å². The molecule has 4 nitrogen and oxygen atoms in total. The number of rotatable bonds is 7. The second-order valence-electron chi connectivity index (χ2n) is 3.67. The van der Waals surface area contributed by atoms with Gasteiger partial charge in [-0.1, -0.05) is 6.58 Å². The van der Waals surface area contributed by atoms with E-state index in [4.69, 9.17) is 13.9 Å². The molecule has 0 aromatic carbocycles. The lowest BCUT2D eigenvalue weighted by atomic mass is 10.4. The quantitative estimate of drug-likeness (QED) is 0.378. The molecule has 1 unspecified atom stereocenters. The zero-order chi connectivity index (χ0) is 11.9. The van der Waals surface area contributed by atoms with E-state index in [0.717, 1.165) is 0 Å². The maximum Gasteiger partial charge on any atom is 0.332 e. The predicted molar refractivity (Wildman–Crippen MR) is 60.9 cm³/mol. The number of hydrogen-bond acceptors (Lipinski definition) is 4. The summed E-state index contributed by atoms with van der Waals surface area (Å²) in [5, 5.41) is 0. The van der Waals surface area contributed by atoms with E-state index in [1.165, 1.54) is 0 Å². The highest BCUT2D eigenvalue weighted by molar-refractivity contribution is 6.72. The minimum Gasteiger partial charge on any atom is -0.463 e. The van der Waals surface area contributed by atoms with Crippen LogP contribution in [0.4, 0.5) is 0 Å². The number of hydrogen-bond donors (Lipinski definition) is 0. The first kappa shape index (κ1) is 14.3. The molecule has 0 saturated heterocycles. The molecule has 0 spiro atoms. The van der Waals surface area contributed by atoms with E-state index in [1.807, 2.05) is 13.5 Å². The first-order valence-electron chi connectivity index (χ1n) is 4.90. The molecule has 0 aromatic heterocycles. The molecule has 0 fully saturated rings. The fraction of sp³-hybridized carbons (Fsp3) is 0.700. The molecule has 0 rings (SSSR count). The molecule has 0 aromatic rings. The van der Waals surface area contributed by atoms with Crippen LogP contribution in [0.15, 0.2) is 12.2 Å². The van der Waals surface area contributed by atoms with Gasteiger partial charge in [0.25, 0.3) is 8.32 Å². The summed E-state index contributed by atoms with van der Waals surface area (Å²) in [5.41, 5.74) is 0.403. The maximum atomic E-state index is 11.2. The minimum absolute atomic E-state index is 0.306. The van der Waals surface area contributed by atoms with Crippen molar-refractivity contribution in [2.24, 2.45) is 0 Å². The highest BCUT2D eigenvalue weighted by atomic mass is 28.4. The first-order chi connectivity index (χ1) is 6.95. The summed E-state index contributed by atoms with van der Waals surface area (Å²) in [7, 11) is -0.449. The summed E-state index contributed by atoms with van der Waals surface area (Å²) in [6.45, 7) is 9.64. The molecule has 0 bridgehead atoms. The highest BCUT2D eigenvalue weighted by Gasteiger charge is 2.31. The van der Waals surface area contributed by atoms with Crippen molar-refractivity contribution in [1.82, 2.24) is 0 Å². The lowest BCUT2D eigenvalue weighted by molar-refractivity contribution is -0.137. The van der Waals surface area contributed by atoms with Crippen LogP contribution >= 0.6 is 0 Å². The van der Waals surface area contributed by atoms with Gasteiger partial charge in [0, 0.05) is 19.3 Å². The van der Waals surface area contributed by atoms with Crippen molar-refractivity contribution in [3.63, 3.8) is 0 Å². The summed E-state index contributed by atoms with van der Waals surface area (Å²) in [4.78, 5) is 11.2.